The predicted molar refractivity (Wildman–Crippen MR) is 123 cm³/mol. The Kier molecular flexibility index (Phi) is 8.60. The summed E-state index contributed by atoms with van der Waals surface area (Å²) in [6.07, 6.45) is -5.28. The molecule has 0 spiro atoms. The Hall–Kier alpha value is -3.01. The van der Waals surface area contributed by atoms with Gasteiger partial charge in [0.1, 0.15) is 6.10 Å². The molecule has 2 aromatic rings. The molecular weight excluding hydrogens is 511 g/mol. The number of carbonyl (C=O) groups excluding carboxylic acids is 2. The lowest BCUT2D eigenvalue weighted by molar-refractivity contribution is -0.120. The maximum atomic E-state index is 12.8. The van der Waals surface area contributed by atoms with Crippen molar-refractivity contribution in [3.05, 3.63) is 82.2 Å². The van der Waals surface area contributed by atoms with Crippen LogP contribution < -0.4 is 0 Å². The van der Waals surface area contributed by atoms with Crippen LogP contribution >= 0.6 is 34.8 Å². The molecule has 1 fully saturated rings. The predicted octanol–water partition coefficient (Wildman–Crippen LogP) is 4.84. The average molecular weight is 528 g/mol. The molecule has 1 aliphatic rings. The summed E-state index contributed by atoms with van der Waals surface area (Å²) in [5, 5.41) is 11.3. The standard InChI is InChI=1S/C21H17Cl3N4O6/c22-21(23,24)20(25)34-19-16(33-18(30)13-9-5-2-6-10-13)15(14(31-19)11-27-28-26)32-17(29)12-7-3-1-4-8-12/h1-10,14-16,19,25H,11H2/t14-,15?,16+,19+/m1/s1. The van der Waals surface area contributed by atoms with Gasteiger partial charge in [-0.05, 0) is 29.8 Å². The molecule has 0 amide bonds. The van der Waals surface area contributed by atoms with Crippen LogP contribution in [-0.4, -0.2) is 52.8 Å². The molecule has 2 aromatic carbocycles. The van der Waals surface area contributed by atoms with Gasteiger partial charge in [-0.3, -0.25) is 5.41 Å². The van der Waals surface area contributed by atoms with Crippen LogP contribution in [0.25, 0.3) is 10.4 Å². The van der Waals surface area contributed by atoms with Gasteiger partial charge < -0.3 is 18.9 Å². The van der Waals surface area contributed by atoms with Crippen LogP contribution in [0.15, 0.2) is 65.8 Å². The lowest BCUT2D eigenvalue weighted by atomic mass is 10.1. The molecule has 13 heteroatoms. The zero-order valence-corrected chi connectivity index (χ0v) is 19.5. The van der Waals surface area contributed by atoms with Crippen LogP contribution in [0.2, 0.25) is 0 Å². The number of esters is 2. The summed E-state index contributed by atoms with van der Waals surface area (Å²) >= 11 is 17.1. The number of nitrogens with one attached hydrogen (secondary N) is 1. The van der Waals surface area contributed by atoms with E-state index in [2.05, 4.69) is 10.0 Å². The van der Waals surface area contributed by atoms with Gasteiger partial charge in [-0.15, -0.1) is 0 Å². The van der Waals surface area contributed by atoms with Crippen molar-refractivity contribution in [2.24, 2.45) is 5.11 Å². The van der Waals surface area contributed by atoms with Gasteiger partial charge in [0.05, 0.1) is 17.7 Å². The third-order valence-corrected chi connectivity index (χ3v) is 5.10. The molecule has 0 aromatic heterocycles. The number of hydrogen-bond donors (Lipinski definition) is 1. The summed E-state index contributed by atoms with van der Waals surface area (Å²) in [4.78, 5) is 28.2. The molecule has 3 rings (SSSR count). The van der Waals surface area contributed by atoms with E-state index in [-0.39, 0.29) is 17.7 Å². The van der Waals surface area contributed by atoms with Gasteiger partial charge in [-0.25, -0.2) is 9.59 Å². The van der Waals surface area contributed by atoms with Crippen molar-refractivity contribution in [3.8, 4) is 0 Å². The van der Waals surface area contributed by atoms with Crippen molar-refractivity contribution in [1.82, 2.24) is 0 Å². The summed E-state index contributed by atoms with van der Waals surface area (Å²) < 4.78 is 19.9. The summed E-state index contributed by atoms with van der Waals surface area (Å²) in [5.74, 6) is -2.35. The highest BCUT2D eigenvalue weighted by Gasteiger charge is 2.52. The fourth-order valence-corrected chi connectivity index (χ4v) is 3.17. The number of rotatable bonds is 7. The summed E-state index contributed by atoms with van der Waals surface area (Å²) in [5.41, 5.74) is 9.16. The van der Waals surface area contributed by atoms with E-state index in [1.165, 1.54) is 24.3 Å². The van der Waals surface area contributed by atoms with Gasteiger partial charge >= 0.3 is 11.9 Å². The first kappa shape index (κ1) is 25.6. The molecule has 34 heavy (non-hydrogen) atoms. The lowest BCUT2D eigenvalue weighted by Crippen LogP contribution is -2.43. The van der Waals surface area contributed by atoms with Crippen molar-refractivity contribution in [2.75, 3.05) is 6.54 Å². The minimum absolute atomic E-state index is 0.198. The maximum Gasteiger partial charge on any atom is 0.338 e. The van der Waals surface area contributed by atoms with Gasteiger partial charge in [0.15, 0.2) is 6.10 Å². The van der Waals surface area contributed by atoms with E-state index in [9.17, 15) is 9.59 Å². The molecule has 1 heterocycles. The molecular formula is C21H17Cl3N4O6. The molecule has 1 unspecified atom stereocenters. The topological polar surface area (TPSA) is 144 Å². The van der Waals surface area contributed by atoms with Gasteiger partial charge in [-0.2, -0.15) is 0 Å². The SMILES string of the molecule is [N-]=[N+]=NC[C@H]1O[C@@H](OC(=N)C(Cl)(Cl)Cl)[C@@H](OC(=O)c2ccccc2)C1OC(=O)c1ccccc1. The largest absolute Gasteiger partial charge is 0.452 e. The fraction of sp³-hybridized carbons (Fsp3) is 0.286. The second-order valence-electron chi connectivity index (χ2n) is 6.87. The first-order valence-corrected chi connectivity index (χ1v) is 10.8. The van der Waals surface area contributed by atoms with E-state index in [1.807, 2.05) is 0 Å². The van der Waals surface area contributed by atoms with E-state index in [0.29, 0.717) is 0 Å². The molecule has 1 saturated heterocycles. The summed E-state index contributed by atoms with van der Waals surface area (Å²) in [6.45, 7) is -0.302. The van der Waals surface area contributed by atoms with Gasteiger partial charge in [-0.1, -0.05) is 76.3 Å². The van der Waals surface area contributed by atoms with E-state index < -0.39 is 46.2 Å². The van der Waals surface area contributed by atoms with Crippen LogP contribution in [0, 0.1) is 5.41 Å². The minimum atomic E-state index is -2.24. The second kappa shape index (κ2) is 11.4. The van der Waals surface area contributed by atoms with Crippen LogP contribution in [-0.2, 0) is 18.9 Å². The van der Waals surface area contributed by atoms with E-state index >= 15 is 0 Å². The highest BCUT2D eigenvalue weighted by atomic mass is 35.6. The van der Waals surface area contributed by atoms with Crippen LogP contribution in [0.1, 0.15) is 20.7 Å². The number of nitrogens with zero attached hydrogens (tertiary/aromatic N) is 3. The summed E-state index contributed by atoms with van der Waals surface area (Å²) in [6, 6.07) is 16.0. The molecule has 1 aliphatic heterocycles. The zero-order chi connectivity index (χ0) is 24.7. The Morgan fingerprint density at radius 2 is 1.44 bits per heavy atom. The Bertz CT molecular complexity index is 1080. The average Bonchev–Trinajstić information content (AvgIpc) is 3.13. The molecule has 0 radical (unpaired) electrons. The maximum absolute atomic E-state index is 12.8. The number of halogens is 3. The van der Waals surface area contributed by atoms with E-state index in [0.717, 1.165) is 0 Å². The Morgan fingerprint density at radius 3 is 1.91 bits per heavy atom. The number of hydrogen-bond acceptors (Lipinski definition) is 8. The van der Waals surface area contributed by atoms with Crippen molar-refractivity contribution in [3.63, 3.8) is 0 Å². The number of alkyl halides is 3. The van der Waals surface area contributed by atoms with Crippen molar-refractivity contribution >= 4 is 52.6 Å². The normalized spacial score (nSPS) is 21.7. The Morgan fingerprint density at radius 1 is 0.941 bits per heavy atom. The zero-order valence-electron chi connectivity index (χ0n) is 17.2. The van der Waals surface area contributed by atoms with Crippen molar-refractivity contribution < 1.29 is 28.5 Å². The minimum Gasteiger partial charge on any atom is -0.452 e. The Balaban J connectivity index is 1.92. The molecule has 0 saturated carbocycles. The van der Waals surface area contributed by atoms with Crippen molar-refractivity contribution in [2.45, 2.75) is 28.4 Å². The van der Waals surface area contributed by atoms with Crippen LogP contribution in [0.5, 0.6) is 0 Å². The molecule has 0 bridgehead atoms. The molecule has 178 valence electrons. The first-order valence-electron chi connectivity index (χ1n) is 9.71. The number of carbonyl (C=O) groups is 2. The van der Waals surface area contributed by atoms with E-state index in [4.69, 9.17) is 64.7 Å². The Labute approximate surface area is 208 Å². The molecule has 4 atom stereocenters. The monoisotopic (exact) mass is 526 g/mol. The third-order valence-electron chi connectivity index (χ3n) is 4.59. The molecule has 10 nitrogen and oxygen atoms in total. The van der Waals surface area contributed by atoms with E-state index in [1.54, 1.807) is 36.4 Å². The highest BCUT2D eigenvalue weighted by Crippen LogP contribution is 2.34. The summed E-state index contributed by atoms with van der Waals surface area (Å²) in [7, 11) is 0. The lowest BCUT2D eigenvalue weighted by Gasteiger charge is -2.25. The second-order valence-corrected chi connectivity index (χ2v) is 9.15. The van der Waals surface area contributed by atoms with Crippen molar-refractivity contribution in [1.29, 1.82) is 5.41 Å². The van der Waals surface area contributed by atoms with Gasteiger partial charge in [0.2, 0.25) is 18.3 Å². The van der Waals surface area contributed by atoms with Gasteiger partial charge in [0, 0.05) is 4.91 Å². The van der Waals surface area contributed by atoms with Crippen LogP contribution in [0.3, 0.4) is 0 Å². The fourth-order valence-electron chi connectivity index (χ4n) is 3.03. The van der Waals surface area contributed by atoms with Gasteiger partial charge in [0.25, 0.3) is 3.79 Å². The van der Waals surface area contributed by atoms with Crippen LogP contribution in [0.4, 0.5) is 0 Å². The highest BCUT2D eigenvalue weighted by molar-refractivity contribution is 6.76. The first-order chi connectivity index (χ1) is 16.2. The number of ether oxygens (including phenoxy) is 4. The quantitative estimate of drug-likeness (QED) is 0.104. The third kappa shape index (κ3) is 6.53. The molecule has 1 N–H and O–H groups in total. The smallest absolute Gasteiger partial charge is 0.338 e. The number of azide groups is 1. The number of benzene rings is 2. The molecule has 0 aliphatic carbocycles.